The Morgan fingerprint density at radius 1 is 1.25 bits per heavy atom. The summed E-state index contributed by atoms with van der Waals surface area (Å²) in [6.45, 7) is 2.42. The summed E-state index contributed by atoms with van der Waals surface area (Å²) in [6.07, 6.45) is 4.32. The van der Waals surface area contributed by atoms with Gasteiger partial charge < -0.3 is 9.47 Å². The number of aromatic nitrogens is 2. The van der Waals surface area contributed by atoms with Crippen LogP contribution in [0.3, 0.4) is 0 Å². The Labute approximate surface area is 146 Å². The highest BCUT2D eigenvalue weighted by Gasteiger charge is 2.21. The van der Waals surface area contributed by atoms with Gasteiger partial charge in [-0.1, -0.05) is 11.6 Å². The molecule has 2 aromatic rings. The quantitative estimate of drug-likeness (QED) is 0.750. The minimum absolute atomic E-state index is 0.0452. The third-order valence-corrected chi connectivity index (χ3v) is 4.35. The summed E-state index contributed by atoms with van der Waals surface area (Å²) in [5, 5.41) is 5.44. The zero-order valence-electron chi connectivity index (χ0n) is 13.8. The average Bonchev–Trinajstić information content (AvgIpc) is 2.95. The summed E-state index contributed by atoms with van der Waals surface area (Å²) in [7, 11) is 0. The number of hydrogen-bond acceptors (Lipinski definition) is 4. The fourth-order valence-electron chi connectivity index (χ4n) is 3.02. The molecule has 0 bridgehead atoms. The first-order valence-corrected chi connectivity index (χ1v) is 8.65. The molecule has 0 unspecified atom stereocenters. The van der Waals surface area contributed by atoms with E-state index in [1.807, 2.05) is 28.9 Å². The van der Waals surface area contributed by atoms with Crippen molar-refractivity contribution in [1.29, 1.82) is 0 Å². The van der Waals surface area contributed by atoms with E-state index in [1.165, 1.54) is 11.3 Å². The summed E-state index contributed by atoms with van der Waals surface area (Å²) in [5.41, 5.74) is 4.39. The Hall–Kier alpha value is -1.85. The molecule has 1 aromatic heterocycles. The van der Waals surface area contributed by atoms with E-state index in [9.17, 15) is 4.79 Å². The van der Waals surface area contributed by atoms with Gasteiger partial charge in [-0.2, -0.15) is 5.10 Å². The molecule has 6 heteroatoms. The normalized spacial score (nSPS) is 13.6. The number of carbonyl (C=O) groups excluding carboxylic acids is 1. The SMILES string of the molecule is CCOC(=O)COCc1nn(-c2ccc(Cl)cc2)c2c1CCCC2. The second kappa shape index (κ2) is 7.81. The Morgan fingerprint density at radius 3 is 2.75 bits per heavy atom. The summed E-state index contributed by atoms with van der Waals surface area (Å²) < 4.78 is 12.4. The van der Waals surface area contributed by atoms with Crippen LogP contribution in [-0.2, 0) is 33.7 Å². The maximum atomic E-state index is 11.4. The second-order valence-electron chi connectivity index (χ2n) is 5.77. The molecule has 1 heterocycles. The standard InChI is InChI=1S/C18H21ClN2O3/c1-2-24-18(22)12-23-11-16-15-5-3-4-6-17(15)21(20-16)14-9-7-13(19)8-10-14/h7-10H,2-6,11-12H2,1H3. The van der Waals surface area contributed by atoms with Crippen molar-refractivity contribution in [2.24, 2.45) is 0 Å². The van der Waals surface area contributed by atoms with Gasteiger partial charge >= 0.3 is 5.97 Å². The molecule has 0 radical (unpaired) electrons. The molecular weight excluding hydrogens is 328 g/mol. The minimum Gasteiger partial charge on any atom is -0.464 e. The van der Waals surface area contributed by atoms with E-state index in [0.717, 1.165) is 37.1 Å². The highest BCUT2D eigenvalue weighted by Crippen LogP contribution is 2.27. The van der Waals surface area contributed by atoms with Crippen molar-refractivity contribution in [2.45, 2.75) is 39.2 Å². The smallest absolute Gasteiger partial charge is 0.332 e. The van der Waals surface area contributed by atoms with E-state index in [2.05, 4.69) is 0 Å². The second-order valence-corrected chi connectivity index (χ2v) is 6.20. The first-order valence-electron chi connectivity index (χ1n) is 8.28. The van der Waals surface area contributed by atoms with Crippen molar-refractivity contribution in [3.05, 3.63) is 46.2 Å². The molecular formula is C18H21ClN2O3. The minimum atomic E-state index is -0.344. The van der Waals surface area contributed by atoms with Crippen LogP contribution in [0.25, 0.3) is 5.69 Å². The predicted octanol–water partition coefficient (Wildman–Crippen LogP) is 3.48. The maximum Gasteiger partial charge on any atom is 0.332 e. The predicted molar refractivity (Wildman–Crippen MR) is 91.5 cm³/mol. The van der Waals surface area contributed by atoms with Crippen LogP contribution in [0.15, 0.2) is 24.3 Å². The van der Waals surface area contributed by atoms with E-state index in [4.69, 9.17) is 26.2 Å². The molecule has 0 N–H and O–H groups in total. The number of carbonyl (C=O) groups is 1. The molecule has 3 rings (SSSR count). The van der Waals surface area contributed by atoms with E-state index >= 15 is 0 Å². The van der Waals surface area contributed by atoms with E-state index in [-0.39, 0.29) is 12.6 Å². The lowest BCUT2D eigenvalue weighted by Crippen LogP contribution is -2.13. The van der Waals surface area contributed by atoms with Gasteiger partial charge in [0.25, 0.3) is 0 Å². The zero-order valence-corrected chi connectivity index (χ0v) is 14.5. The monoisotopic (exact) mass is 348 g/mol. The third kappa shape index (κ3) is 3.79. The van der Waals surface area contributed by atoms with Crippen LogP contribution >= 0.6 is 11.6 Å². The lowest BCUT2D eigenvalue weighted by molar-refractivity contribution is -0.148. The van der Waals surface area contributed by atoms with Crippen molar-refractivity contribution in [3.63, 3.8) is 0 Å². The maximum absolute atomic E-state index is 11.4. The van der Waals surface area contributed by atoms with Crippen molar-refractivity contribution in [3.8, 4) is 5.69 Å². The first-order chi connectivity index (χ1) is 11.7. The number of hydrogen-bond donors (Lipinski definition) is 0. The van der Waals surface area contributed by atoms with Gasteiger partial charge in [-0.15, -0.1) is 0 Å². The summed E-state index contributed by atoms with van der Waals surface area (Å²) in [4.78, 5) is 11.4. The molecule has 0 aliphatic heterocycles. The van der Waals surface area contributed by atoms with Gasteiger partial charge in [-0.25, -0.2) is 9.48 Å². The number of ether oxygens (including phenoxy) is 2. The highest BCUT2D eigenvalue weighted by molar-refractivity contribution is 6.30. The summed E-state index contributed by atoms with van der Waals surface area (Å²) in [6, 6.07) is 7.66. The van der Waals surface area contributed by atoms with Crippen LogP contribution in [0.5, 0.6) is 0 Å². The summed E-state index contributed by atoms with van der Waals surface area (Å²) in [5.74, 6) is -0.344. The van der Waals surface area contributed by atoms with Crippen LogP contribution in [-0.4, -0.2) is 29.0 Å². The van der Waals surface area contributed by atoms with Gasteiger partial charge in [0.05, 0.1) is 24.6 Å². The molecule has 24 heavy (non-hydrogen) atoms. The van der Waals surface area contributed by atoms with Gasteiger partial charge in [0.2, 0.25) is 0 Å². The largest absolute Gasteiger partial charge is 0.464 e. The van der Waals surface area contributed by atoms with Gasteiger partial charge in [0.1, 0.15) is 6.61 Å². The molecule has 0 spiro atoms. The first kappa shape index (κ1) is 17.0. The fraction of sp³-hybridized carbons (Fsp3) is 0.444. The molecule has 1 aliphatic carbocycles. The molecule has 0 saturated carbocycles. The van der Waals surface area contributed by atoms with Crippen molar-refractivity contribution in [2.75, 3.05) is 13.2 Å². The third-order valence-electron chi connectivity index (χ3n) is 4.10. The fourth-order valence-corrected chi connectivity index (χ4v) is 3.15. The Morgan fingerprint density at radius 2 is 2.00 bits per heavy atom. The van der Waals surface area contributed by atoms with Crippen molar-refractivity contribution < 1.29 is 14.3 Å². The van der Waals surface area contributed by atoms with E-state index < -0.39 is 0 Å². The highest BCUT2D eigenvalue weighted by atomic mass is 35.5. The Balaban J connectivity index is 1.80. The van der Waals surface area contributed by atoms with Crippen LogP contribution < -0.4 is 0 Å². The summed E-state index contributed by atoms with van der Waals surface area (Å²) >= 11 is 5.98. The zero-order chi connectivity index (χ0) is 16.9. The Kier molecular flexibility index (Phi) is 5.53. The number of benzene rings is 1. The van der Waals surface area contributed by atoms with Crippen LogP contribution in [0.2, 0.25) is 5.02 Å². The van der Waals surface area contributed by atoms with Gasteiger partial charge in [-0.3, -0.25) is 0 Å². The Bertz CT molecular complexity index is 710. The molecule has 5 nitrogen and oxygen atoms in total. The van der Waals surface area contributed by atoms with E-state index in [0.29, 0.717) is 18.2 Å². The number of fused-ring (bicyclic) bond motifs is 1. The lowest BCUT2D eigenvalue weighted by atomic mass is 9.96. The number of rotatable bonds is 6. The number of nitrogens with zero attached hydrogens (tertiary/aromatic N) is 2. The molecule has 1 aliphatic rings. The van der Waals surface area contributed by atoms with E-state index in [1.54, 1.807) is 6.92 Å². The van der Waals surface area contributed by atoms with Crippen LogP contribution in [0, 0.1) is 0 Å². The molecule has 0 fully saturated rings. The van der Waals surface area contributed by atoms with Crippen molar-refractivity contribution >= 4 is 17.6 Å². The van der Waals surface area contributed by atoms with Gasteiger partial charge in [-0.05, 0) is 62.4 Å². The van der Waals surface area contributed by atoms with Gasteiger partial charge in [0, 0.05) is 10.7 Å². The van der Waals surface area contributed by atoms with Gasteiger partial charge in [0.15, 0.2) is 0 Å². The molecule has 0 saturated heterocycles. The molecule has 1 aromatic carbocycles. The van der Waals surface area contributed by atoms with Crippen LogP contribution in [0.1, 0.15) is 36.7 Å². The topological polar surface area (TPSA) is 53.4 Å². The molecule has 0 amide bonds. The molecule has 128 valence electrons. The number of esters is 1. The average molecular weight is 349 g/mol. The number of halogens is 1. The molecule has 0 atom stereocenters. The van der Waals surface area contributed by atoms with Crippen molar-refractivity contribution in [1.82, 2.24) is 9.78 Å². The lowest BCUT2D eigenvalue weighted by Gasteiger charge is -2.14. The van der Waals surface area contributed by atoms with Crippen LogP contribution in [0.4, 0.5) is 0 Å².